The van der Waals surface area contributed by atoms with E-state index in [1.54, 1.807) is 22.9 Å². The number of sulfonamides is 1. The number of fused-ring (bicyclic) bond motifs is 1. The van der Waals surface area contributed by atoms with Crippen LogP contribution in [-0.4, -0.2) is 68.5 Å². The summed E-state index contributed by atoms with van der Waals surface area (Å²) in [6.07, 6.45) is 2.26. The molecule has 14 heteroatoms. The number of nitrogens with zero attached hydrogens (tertiary/aromatic N) is 2. The highest BCUT2D eigenvalue weighted by atomic mass is 32.2. The normalized spacial score (nSPS) is 13.1. The number of imide groups is 1. The summed E-state index contributed by atoms with van der Waals surface area (Å²) in [5, 5.41) is 4.43. The number of amides is 5. The summed E-state index contributed by atoms with van der Waals surface area (Å²) in [5.41, 5.74) is 6.89. The van der Waals surface area contributed by atoms with Gasteiger partial charge in [-0.3, -0.25) is 19.7 Å². The van der Waals surface area contributed by atoms with Crippen LogP contribution in [0.3, 0.4) is 0 Å². The molecule has 2 heterocycles. The number of carbonyl (C=O) groups excluding carboxylic acids is 4. The second-order valence-electron chi connectivity index (χ2n) is 7.63. The van der Waals surface area contributed by atoms with Crippen LogP contribution in [-0.2, 0) is 21.4 Å². The van der Waals surface area contributed by atoms with E-state index in [-0.39, 0.29) is 42.4 Å². The van der Waals surface area contributed by atoms with Crippen LogP contribution in [0.5, 0.6) is 5.75 Å². The Labute approximate surface area is 206 Å². The number of ether oxygens (including phenoxy) is 1. The summed E-state index contributed by atoms with van der Waals surface area (Å²) < 4.78 is 29.7. The van der Waals surface area contributed by atoms with Gasteiger partial charge in [-0.15, -0.1) is 0 Å². The van der Waals surface area contributed by atoms with E-state index in [1.807, 2.05) is 5.32 Å². The Kier molecular flexibility index (Phi) is 7.75. The van der Waals surface area contributed by atoms with E-state index in [1.165, 1.54) is 24.3 Å². The minimum absolute atomic E-state index is 0.0288. The van der Waals surface area contributed by atoms with Crippen LogP contribution >= 0.6 is 0 Å². The molecule has 1 atom stereocenters. The molecule has 5 amide bonds. The molecule has 0 saturated heterocycles. The summed E-state index contributed by atoms with van der Waals surface area (Å²) in [7, 11) is -2.35. The van der Waals surface area contributed by atoms with Crippen molar-refractivity contribution in [1.29, 1.82) is 0 Å². The molecule has 1 aromatic heterocycles. The maximum Gasteiger partial charge on any atom is 0.322 e. The number of nitrogens with one attached hydrogen (secondary N) is 3. The average molecular weight is 515 g/mol. The monoisotopic (exact) mass is 514 g/mol. The molecule has 36 heavy (non-hydrogen) atoms. The molecule has 2 aromatic rings. The van der Waals surface area contributed by atoms with Crippen LogP contribution in [0, 0.1) is 11.8 Å². The first-order valence-corrected chi connectivity index (χ1v) is 12.2. The van der Waals surface area contributed by atoms with Crippen molar-refractivity contribution in [2.24, 2.45) is 0 Å². The van der Waals surface area contributed by atoms with E-state index in [2.05, 4.69) is 22.1 Å². The molecule has 0 bridgehead atoms. The maximum absolute atomic E-state index is 12.9. The number of rotatable bonds is 7. The number of methoxy groups -OCH3 is 1. The van der Waals surface area contributed by atoms with Crippen LogP contribution in [0.15, 0.2) is 30.5 Å². The third-order valence-corrected chi connectivity index (χ3v) is 5.48. The Morgan fingerprint density at radius 3 is 2.75 bits per heavy atom. The average Bonchev–Trinajstić information content (AvgIpc) is 3.11. The minimum atomic E-state index is -3.84. The van der Waals surface area contributed by atoms with E-state index in [4.69, 9.17) is 10.5 Å². The first kappa shape index (κ1) is 26.0. The van der Waals surface area contributed by atoms with E-state index in [9.17, 15) is 27.6 Å². The Morgan fingerprint density at radius 2 is 2.08 bits per heavy atom. The zero-order valence-corrected chi connectivity index (χ0v) is 20.0. The Balaban J connectivity index is 1.85. The third-order valence-electron chi connectivity index (χ3n) is 4.93. The molecule has 1 aliphatic heterocycles. The highest BCUT2D eigenvalue weighted by Gasteiger charge is 2.29. The number of hydrogen-bond acceptors (Lipinski definition) is 9. The fourth-order valence-corrected chi connectivity index (χ4v) is 3.78. The van der Waals surface area contributed by atoms with Gasteiger partial charge in [0.2, 0.25) is 16.4 Å². The van der Waals surface area contributed by atoms with Crippen molar-refractivity contribution in [2.75, 3.05) is 25.6 Å². The number of nitrogen functional groups attached to an aromatic ring is 1. The summed E-state index contributed by atoms with van der Waals surface area (Å²) in [6.45, 7) is 0.242. The standard InChI is InChI=1S/C22H22N6O7S/c1-35-16-6-4-14-10-28(21(31)17(14)8-16)11-15(26-22(32)25-12-29)5-3-13-7-18(19(23)24-9-13)20(30)27-36(2,33)34/h4,6-9,12,15H,10-11H2,1-2H3,(H2,23,24)(H,27,30)(H2,25,26,29,32)/t15-/m1/s1. The molecule has 188 valence electrons. The molecule has 0 aliphatic carbocycles. The number of hydrogen-bond donors (Lipinski definition) is 4. The molecule has 0 unspecified atom stereocenters. The summed E-state index contributed by atoms with van der Waals surface area (Å²) in [6, 6.07) is 4.58. The number of urea groups is 1. The van der Waals surface area contributed by atoms with E-state index < -0.39 is 28.0 Å². The van der Waals surface area contributed by atoms with E-state index in [0.29, 0.717) is 11.3 Å². The smallest absolute Gasteiger partial charge is 0.322 e. The quantitative estimate of drug-likeness (QED) is 0.270. The minimum Gasteiger partial charge on any atom is -0.497 e. The fraction of sp³-hybridized carbons (Fsp3) is 0.227. The lowest BCUT2D eigenvalue weighted by Crippen LogP contribution is -2.46. The molecule has 0 spiro atoms. The van der Waals surface area contributed by atoms with Crippen LogP contribution in [0.4, 0.5) is 10.6 Å². The molecule has 3 rings (SSSR count). The Morgan fingerprint density at radius 1 is 1.33 bits per heavy atom. The molecule has 5 N–H and O–H groups in total. The van der Waals surface area contributed by atoms with Gasteiger partial charge in [-0.25, -0.2) is 22.9 Å². The van der Waals surface area contributed by atoms with Crippen molar-refractivity contribution >= 4 is 40.1 Å². The first-order chi connectivity index (χ1) is 17.0. The van der Waals surface area contributed by atoms with E-state index in [0.717, 1.165) is 11.8 Å². The van der Waals surface area contributed by atoms with Gasteiger partial charge in [0.15, 0.2) is 0 Å². The highest BCUT2D eigenvalue weighted by Crippen LogP contribution is 2.26. The van der Waals surface area contributed by atoms with Gasteiger partial charge in [-0.05, 0) is 23.8 Å². The fourth-order valence-electron chi connectivity index (χ4n) is 3.34. The molecule has 1 aliphatic rings. The first-order valence-electron chi connectivity index (χ1n) is 10.3. The third kappa shape index (κ3) is 6.48. The van der Waals surface area contributed by atoms with Crippen molar-refractivity contribution in [3.05, 3.63) is 52.7 Å². The summed E-state index contributed by atoms with van der Waals surface area (Å²) >= 11 is 0. The predicted molar refractivity (Wildman–Crippen MR) is 127 cm³/mol. The number of anilines is 1. The lowest BCUT2D eigenvalue weighted by molar-refractivity contribution is -0.108. The SMILES string of the molecule is COc1ccc2c(c1)C(=O)N(C[C@@H](C#Cc1cnc(N)c(C(=O)NS(C)(=O)=O)c1)NC(=O)NC=O)C2. The van der Waals surface area contributed by atoms with Gasteiger partial charge in [-0.2, -0.15) is 0 Å². The second kappa shape index (κ2) is 10.7. The number of nitrogens with two attached hydrogens (primary N) is 1. The van der Waals surface area contributed by atoms with Crippen molar-refractivity contribution in [2.45, 2.75) is 12.6 Å². The lowest BCUT2D eigenvalue weighted by atomic mass is 10.1. The van der Waals surface area contributed by atoms with Crippen molar-refractivity contribution in [1.82, 2.24) is 25.2 Å². The largest absolute Gasteiger partial charge is 0.497 e. The molecule has 13 nitrogen and oxygen atoms in total. The molecule has 0 fully saturated rings. The molecule has 0 radical (unpaired) electrons. The predicted octanol–water partition coefficient (Wildman–Crippen LogP) is -0.806. The van der Waals surface area contributed by atoms with E-state index >= 15 is 0 Å². The highest BCUT2D eigenvalue weighted by molar-refractivity contribution is 7.89. The Hall–Kier alpha value is -4.64. The van der Waals surface area contributed by atoms with Gasteiger partial charge in [0, 0.05) is 23.9 Å². The summed E-state index contributed by atoms with van der Waals surface area (Å²) in [5.74, 6) is 4.53. The van der Waals surface area contributed by atoms with Crippen molar-refractivity contribution < 1.29 is 32.3 Å². The number of pyridine rings is 1. The van der Waals surface area contributed by atoms with Gasteiger partial charge in [-0.1, -0.05) is 17.9 Å². The van der Waals surface area contributed by atoms with Crippen LogP contribution in [0.25, 0.3) is 0 Å². The molecule has 1 aromatic carbocycles. The summed E-state index contributed by atoms with van der Waals surface area (Å²) in [4.78, 5) is 53.0. The van der Waals surface area contributed by atoms with Crippen LogP contribution < -0.4 is 25.8 Å². The van der Waals surface area contributed by atoms with Crippen molar-refractivity contribution in [3.63, 3.8) is 0 Å². The topological polar surface area (TPSA) is 190 Å². The Bertz CT molecular complexity index is 1400. The van der Waals surface area contributed by atoms with Gasteiger partial charge in [0.1, 0.15) is 17.6 Å². The number of carbonyl (C=O) groups is 4. The molecular weight excluding hydrogens is 492 g/mol. The zero-order chi connectivity index (χ0) is 26.5. The van der Waals surface area contributed by atoms with Crippen LogP contribution in [0.2, 0.25) is 0 Å². The number of benzene rings is 1. The van der Waals surface area contributed by atoms with Crippen molar-refractivity contribution in [3.8, 4) is 17.6 Å². The maximum atomic E-state index is 12.9. The van der Waals surface area contributed by atoms with Gasteiger partial charge >= 0.3 is 6.03 Å². The second-order valence-corrected chi connectivity index (χ2v) is 9.37. The molecule has 0 saturated carbocycles. The van der Waals surface area contributed by atoms with Gasteiger partial charge in [0.25, 0.3) is 11.8 Å². The number of aromatic nitrogens is 1. The zero-order valence-electron chi connectivity index (χ0n) is 19.2. The molecular formula is C22H22N6O7S. The van der Waals surface area contributed by atoms with Gasteiger partial charge < -0.3 is 20.7 Å². The van der Waals surface area contributed by atoms with Crippen LogP contribution in [0.1, 0.15) is 31.8 Å². The van der Waals surface area contributed by atoms with Gasteiger partial charge in [0.05, 0.1) is 25.5 Å². The lowest BCUT2D eigenvalue weighted by Gasteiger charge is -2.21.